The number of aryl methyl sites for hydroxylation is 1. The van der Waals surface area contributed by atoms with E-state index in [1.807, 2.05) is 35.3 Å². The molecular weight excluding hydrogens is 443 g/mol. The van der Waals surface area contributed by atoms with E-state index >= 15 is 0 Å². The zero-order valence-electron chi connectivity index (χ0n) is 17.6. The van der Waals surface area contributed by atoms with Crippen LogP contribution in [-0.4, -0.2) is 17.3 Å². The van der Waals surface area contributed by atoms with Gasteiger partial charge in [0.15, 0.2) is 0 Å². The van der Waals surface area contributed by atoms with E-state index in [0.29, 0.717) is 22.4 Å². The molecule has 0 N–H and O–H groups in total. The number of nitrogens with zero attached hydrogens (tertiary/aromatic N) is 2. The molecule has 2 aliphatic rings. The zero-order valence-corrected chi connectivity index (χ0v) is 19.1. The van der Waals surface area contributed by atoms with Gasteiger partial charge in [-0.1, -0.05) is 65.7 Å². The van der Waals surface area contributed by atoms with Crippen LogP contribution in [-0.2, 0) is 0 Å². The van der Waals surface area contributed by atoms with E-state index in [-0.39, 0.29) is 6.04 Å². The second kappa shape index (κ2) is 8.53. The van der Waals surface area contributed by atoms with Gasteiger partial charge in [0.05, 0.1) is 16.8 Å². The van der Waals surface area contributed by atoms with Gasteiger partial charge in [-0.2, -0.15) is 5.10 Å². The average molecular weight is 465 g/mol. The summed E-state index contributed by atoms with van der Waals surface area (Å²) in [5.41, 5.74) is 5.25. The fourth-order valence-electron chi connectivity index (χ4n) is 4.14. The summed E-state index contributed by atoms with van der Waals surface area (Å²) < 4.78 is 12.0. The lowest BCUT2D eigenvalue weighted by Gasteiger charge is -2.38. The Bertz CT molecular complexity index is 1190. The Morgan fingerprint density at radius 3 is 2.59 bits per heavy atom. The van der Waals surface area contributed by atoms with Crippen LogP contribution in [0.4, 0.5) is 0 Å². The predicted molar refractivity (Wildman–Crippen MR) is 129 cm³/mol. The monoisotopic (exact) mass is 464 g/mol. The lowest BCUT2D eigenvalue weighted by molar-refractivity contribution is -0.0189. The third-order valence-corrected chi connectivity index (χ3v) is 6.22. The van der Waals surface area contributed by atoms with Crippen molar-refractivity contribution in [1.82, 2.24) is 5.01 Å². The molecule has 0 fully saturated rings. The van der Waals surface area contributed by atoms with Crippen molar-refractivity contribution < 1.29 is 9.47 Å². The molecule has 2 atom stereocenters. The molecule has 6 heteroatoms. The minimum atomic E-state index is -0.414. The Hall–Kier alpha value is -2.95. The van der Waals surface area contributed by atoms with Gasteiger partial charge in [-0.3, -0.25) is 0 Å². The Kier molecular flexibility index (Phi) is 5.58. The van der Waals surface area contributed by atoms with Crippen LogP contribution in [0.5, 0.6) is 11.5 Å². The summed E-state index contributed by atoms with van der Waals surface area (Å²) in [5, 5.41) is 8.10. The molecule has 0 bridgehead atoms. The second-order valence-corrected chi connectivity index (χ2v) is 8.80. The maximum atomic E-state index is 6.55. The van der Waals surface area contributed by atoms with Crippen LogP contribution in [0.15, 0.2) is 78.4 Å². The summed E-state index contributed by atoms with van der Waals surface area (Å²) in [7, 11) is 0. The summed E-state index contributed by atoms with van der Waals surface area (Å²) in [6.07, 6.45) is 2.05. The third-order valence-electron chi connectivity index (χ3n) is 5.73. The minimum Gasteiger partial charge on any atom is -0.490 e. The van der Waals surface area contributed by atoms with Crippen molar-refractivity contribution in [2.45, 2.75) is 25.6 Å². The molecule has 32 heavy (non-hydrogen) atoms. The molecule has 162 valence electrons. The van der Waals surface area contributed by atoms with Crippen molar-refractivity contribution in [3.8, 4) is 11.5 Å². The number of hydrogen-bond acceptors (Lipinski definition) is 4. The first kappa shape index (κ1) is 20.9. The Balaban J connectivity index is 1.55. The van der Waals surface area contributed by atoms with Gasteiger partial charge in [-0.15, -0.1) is 0 Å². The molecule has 0 spiro atoms. The molecule has 0 saturated carbocycles. The Morgan fingerprint density at radius 2 is 1.88 bits per heavy atom. The third kappa shape index (κ3) is 3.85. The van der Waals surface area contributed by atoms with Gasteiger partial charge in [-0.05, 0) is 48.9 Å². The molecule has 0 aromatic heterocycles. The van der Waals surface area contributed by atoms with Crippen LogP contribution >= 0.6 is 23.2 Å². The molecule has 0 aliphatic carbocycles. The SMILES string of the molecule is C=CCOc1ccc([C@H]2Oc3c(Cl)cc(Cl)cc3[C@@H]3CC(c4ccc(C)cc4)=NN23)cc1. The van der Waals surface area contributed by atoms with Crippen LogP contribution in [0.1, 0.15) is 40.9 Å². The average Bonchev–Trinajstić information content (AvgIpc) is 3.24. The van der Waals surface area contributed by atoms with Gasteiger partial charge in [-0.25, -0.2) is 5.01 Å². The first-order valence-corrected chi connectivity index (χ1v) is 11.2. The van der Waals surface area contributed by atoms with Crippen molar-refractivity contribution in [2.75, 3.05) is 6.61 Å². The van der Waals surface area contributed by atoms with Crippen molar-refractivity contribution in [1.29, 1.82) is 0 Å². The molecule has 3 aromatic carbocycles. The molecule has 3 aromatic rings. The molecule has 0 unspecified atom stereocenters. The van der Waals surface area contributed by atoms with Crippen LogP contribution in [0.25, 0.3) is 0 Å². The molecule has 0 amide bonds. The zero-order chi connectivity index (χ0) is 22.2. The molecule has 0 radical (unpaired) electrons. The number of halogens is 2. The van der Waals surface area contributed by atoms with Crippen LogP contribution < -0.4 is 9.47 Å². The lowest BCUT2D eigenvalue weighted by Crippen LogP contribution is -2.33. The number of benzene rings is 3. The Morgan fingerprint density at radius 1 is 1.12 bits per heavy atom. The van der Waals surface area contributed by atoms with E-state index in [9.17, 15) is 0 Å². The van der Waals surface area contributed by atoms with E-state index in [1.54, 1.807) is 12.1 Å². The van der Waals surface area contributed by atoms with E-state index in [4.69, 9.17) is 37.8 Å². The highest BCUT2D eigenvalue weighted by Crippen LogP contribution is 2.50. The molecule has 2 heterocycles. The first-order valence-electron chi connectivity index (χ1n) is 10.5. The lowest BCUT2D eigenvalue weighted by atomic mass is 9.95. The highest BCUT2D eigenvalue weighted by molar-refractivity contribution is 6.35. The Labute approximate surface area is 197 Å². The smallest absolute Gasteiger partial charge is 0.213 e. The highest BCUT2D eigenvalue weighted by atomic mass is 35.5. The maximum Gasteiger partial charge on any atom is 0.213 e. The highest BCUT2D eigenvalue weighted by Gasteiger charge is 2.42. The fourth-order valence-corrected chi connectivity index (χ4v) is 4.69. The second-order valence-electron chi connectivity index (χ2n) is 7.96. The topological polar surface area (TPSA) is 34.1 Å². The fraction of sp³-hybridized carbons (Fsp3) is 0.192. The molecule has 5 rings (SSSR count). The molecule has 2 aliphatic heterocycles. The number of hydrogen-bond donors (Lipinski definition) is 0. The van der Waals surface area contributed by atoms with Crippen molar-refractivity contribution in [3.05, 3.63) is 106 Å². The number of fused-ring (bicyclic) bond motifs is 3. The number of hydrazone groups is 1. The molecule has 0 saturated heterocycles. The van der Waals surface area contributed by atoms with Gasteiger partial charge < -0.3 is 9.47 Å². The summed E-state index contributed by atoms with van der Waals surface area (Å²) >= 11 is 12.9. The van der Waals surface area contributed by atoms with E-state index in [1.165, 1.54) is 5.56 Å². The van der Waals surface area contributed by atoms with Crippen molar-refractivity contribution >= 4 is 28.9 Å². The molecule has 4 nitrogen and oxygen atoms in total. The van der Waals surface area contributed by atoms with Gasteiger partial charge in [0.2, 0.25) is 6.23 Å². The van der Waals surface area contributed by atoms with Crippen LogP contribution in [0.3, 0.4) is 0 Å². The number of rotatable bonds is 5. The largest absolute Gasteiger partial charge is 0.490 e. The van der Waals surface area contributed by atoms with Crippen LogP contribution in [0, 0.1) is 6.92 Å². The van der Waals surface area contributed by atoms with Gasteiger partial charge >= 0.3 is 0 Å². The quantitative estimate of drug-likeness (QED) is 0.377. The van der Waals surface area contributed by atoms with E-state index in [0.717, 1.165) is 34.6 Å². The molecular formula is C26H22Cl2N2O2. The standard InChI is InChI=1S/C26H22Cl2N2O2/c1-3-12-31-20-10-8-18(9-11-20)26-30-24(21-13-19(27)14-22(28)25(21)32-26)15-23(29-30)17-6-4-16(2)5-7-17/h3-11,13-14,24,26H,1,12,15H2,2H3/t24-,26+/m0/s1. The minimum absolute atomic E-state index is 0.0204. The normalized spacial score (nSPS) is 19.0. The first-order chi connectivity index (χ1) is 15.5. The van der Waals surface area contributed by atoms with Crippen LogP contribution in [0.2, 0.25) is 10.0 Å². The maximum absolute atomic E-state index is 6.55. The van der Waals surface area contributed by atoms with Gasteiger partial charge in [0, 0.05) is 22.6 Å². The van der Waals surface area contributed by atoms with Crippen molar-refractivity contribution in [2.24, 2.45) is 5.10 Å². The van der Waals surface area contributed by atoms with Gasteiger partial charge in [0.25, 0.3) is 0 Å². The summed E-state index contributed by atoms with van der Waals surface area (Å²) in [4.78, 5) is 0. The summed E-state index contributed by atoms with van der Waals surface area (Å²) in [6, 6.07) is 19.9. The summed E-state index contributed by atoms with van der Waals surface area (Å²) in [5.74, 6) is 1.44. The summed E-state index contributed by atoms with van der Waals surface area (Å²) in [6.45, 7) is 6.23. The van der Waals surface area contributed by atoms with Gasteiger partial charge in [0.1, 0.15) is 18.1 Å². The van der Waals surface area contributed by atoms with E-state index < -0.39 is 6.23 Å². The van der Waals surface area contributed by atoms with Crippen molar-refractivity contribution in [3.63, 3.8) is 0 Å². The predicted octanol–water partition coefficient (Wildman–Crippen LogP) is 7.11. The van der Waals surface area contributed by atoms with E-state index in [2.05, 4.69) is 37.8 Å². The number of ether oxygens (including phenoxy) is 2.